The molecule has 1 fully saturated rings. The number of nitrogens with one attached hydrogen (secondary N) is 1. The molecule has 6 rings (SSSR count). The Morgan fingerprint density at radius 2 is 1.83 bits per heavy atom. The van der Waals surface area contributed by atoms with Gasteiger partial charge in [0, 0.05) is 52.8 Å². The molecular weight excluding hydrogens is 657 g/mol. The minimum atomic E-state index is -4.93. The summed E-state index contributed by atoms with van der Waals surface area (Å²) in [6.45, 7) is 3.78. The van der Waals surface area contributed by atoms with Crippen molar-refractivity contribution in [1.82, 2.24) is 14.8 Å². The van der Waals surface area contributed by atoms with Gasteiger partial charge in [0.15, 0.2) is 0 Å². The largest absolute Gasteiger partial charge is 0.481 e. The Kier molecular flexibility index (Phi) is 8.90. The molecule has 4 aromatic rings. The van der Waals surface area contributed by atoms with Crippen LogP contribution < -0.4 is 15.6 Å². The number of carbonyl (C=O) groups is 2. The van der Waals surface area contributed by atoms with E-state index in [1.807, 2.05) is 13.0 Å². The number of ether oxygens (including phenoxy) is 1. The van der Waals surface area contributed by atoms with Crippen LogP contribution in [0.3, 0.4) is 0 Å². The number of benzene rings is 2. The standard InChI is InChI=1S/C34H30F5N3O5S/c1-17-4-3-5-27-31(17)28-11-22(18(2)48-28)26(13-30(44)45)40-33(46)32(23-10-21(47-27)6-7-25(23)36)42-14-19(8-9-41-15-20(35)16-41)24(12-29(42)43)34(37,38)39/h3-7,10-12,14,20,26,32H,8-9,13,15-16H2,1-2H3,(H,40,46)(H,44,45). The van der Waals surface area contributed by atoms with Crippen LogP contribution in [0.1, 0.15) is 51.2 Å². The van der Waals surface area contributed by atoms with Gasteiger partial charge in [0.1, 0.15) is 29.5 Å². The molecular formula is C34H30F5N3O5S. The van der Waals surface area contributed by atoms with Crippen LogP contribution in [0.25, 0.3) is 10.4 Å². The molecule has 1 saturated heterocycles. The van der Waals surface area contributed by atoms with Gasteiger partial charge in [0.2, 0.25) is 5.91 Å². The second-order valence-electron chi connectivity index (χ2n) is 12.0. The molecule has 14 heteroatoms. The van der Waals surface area contributed by atoms with Gasteiger partial charge in [-0.25, -0.2) is 8.78 Å². The molecule has 2 aromatic heterocycles. The normalized spacial score (nSPS) is 18.4. The van der Waals surface area contributed by atoms with E-state index in [2.05, 4.69) is 5.32 Å². The molecule has 4 heterocycles. The highest BCUT2D eigenvalue weighted by atomic mass is 32.1. The number of hydrogen-bond acceptors (Lipinski definition) is 6. The summed E-state index contributed by atoms with van der Waals surface area (Å²) in [4.78, 5) is 42.7. The summed E-state index contributed by atoms with van der Waals surface area (Å²) in [5.74, 6) is -2.75. The van der Waals surface area contributed by atoms with Crippen LogP contribution in [0.5, 0.6) is 11.5 Å². The number of carboxylic acids is 1. The smallest absolute Gasteiger partial charge is 0.416 e. The summed E-state index contributed by atoms with van der Waals surface area (Å²) in [7, 11) is 0. The number of hydrogen-bond donors (Lipinski definition) is 2. The van der Waals surface area contributed by atoms with Crippen LogP contribution in [0.4, 0.5) is 22.0 Å². The van der Waals surface area contributed by atoms with E-state index >= 15 is 4.39 Å². The van der Waals surface area contributed by atoms with Crippen LogP contribution in [-0.2, 0) is 22.2 Å². The fourth-order valence-corrected chi connectivity index (χ4v) is 7.43. The van der Waals surface area contributed by atoms with E-state index in [-0.39, 0.29) is 42.9 Å². The second kappa shape index (κ2) is 12.8. The number of fused-ring (bicyclic) bond motifs is 6. The third-order valence-electron chi connectivity index (χ3n) is 8.60. The van der Waals surface area contributed by atoms with E-state index in [1.165, 1.54) is 23.5 Å². The maximum Gasteiger partial charge on any atom is 0.416 e. The Morgan fingerprint density at radius 3 is 2.52 bits per heavy atom. The number of aromatic nitrogens is 1. The molecule has 4 bridgehead atoms. The van der Waals surface area contributed by atoms with E-state index in [4.69, 9.17) is 4.74 Å². The van der Waals surface area contributed by atoms with Crippen molar-refractivity contribution in [2.75, 3.05) is 19.6 Å². The highest BCUT2D eigenvalue weighted by Crippen LogP contribution is 2.43. The molecule has 2 unspecified atom stereocenters. The van der Waals surface area contributed by atoms with E-state index < -0.39 is 59.7 Å². The van der Waals surface area contributed by atoms with Gasteiger partial charge in [0.05, 0.1) is 18.0 Å². The van der Waals surface area contributed by atoms with Crippen molar-refractivity contribution in [1.29, 1.82) is 0 Å². The number of carboxylic acid groups (broad SMARTS) is 1. The number of rotatable bonds is 6. The molecule has 8 nitrogen and oxygen atoms in total. The van der Waals surface area contributed by atoms with Gasteiger partial charge in [0.25, 0.3) is 5.56 Å². The van der Waals surface area contributed by atoms with Crippen LogP contribution >= 0.6 is 11.3 Å². The number of aliphatic carboxylic acids is 1. The molecule has 2 aliphatic heterocycles. The van der Waals surface area contributed by atoms with Crippen molar-refractivity contribution in [3.8, 4) is 21.9 Å². The fraction of sp³-hybridized carbons (Fsp3) is 0.324. The molecule has 2 N–H and O–H groups in total. The van der Waals surface area contributed by atoms with Gasteiger partial charge in [-0.1, -0.05) is 12.1 Å². The molecule has 0 radical (unpaired) electrons. The number of aryl methyl sites for hydroxylation is 2. The highest BCUT2D eigenvalue weighted by molar-refractivity contribution is 7.15. The number of carbonyl (C=O) groups excluding carboxylic acids is 1. The molecule has 0 spiro atoms. The van der Waals surface area contributed by atoms with Crippen molar-refractivity contribution in [3.63, 3.8) is 0 Å². The van der Waals surface area contributed by atoms with E-state index in [0.717, 1.165) is 27.3 Å². The van der Waals surface area contributed by atoms with Gasteiger partial charge < -0.3 is 15.2 Å². The van der Waals surface area contributed by atoms with Crippen molar-refractivity contribution in [2.45, 2.75) is 51.1 Å². The zero-order valence-electron chi connectivity index (χ0n) is 25.7. The Bertz CT molecular complexity index is 1970. The summed E-state index contributed by atoms with van der Waals surface area (Å²) >= 11 is 1.35. The second-order valence-corrected chi connectivity index (χ2v) is 13.2. The Hall–Kier alpha value is -4.56. The minimum Gasteiger partial charge on any atom is -0.481 e. The number of alkyl halides is 4. The average molecular weight is 688 g/mol. The number of likely N-dealkylation sites (tertiary alicyclic amines) is 1. The van der Waals surface area contributed by atoms with E-state index in [1.54, 1.807) is 30.0 Å². The van der Waals surface area contributed by atoms with Gasteiger partial charge in [-0.05, 0) is 67.3 Å². The fourth-order valence-electron chi connectivity index (χ4n) is 6.23. The van der Waals surface area contributed by atoms with Crippen molar-refractivity contribution >= 4 is 23.2 Å². The van der Waals surface area contributed by atoms with Gasteiger partial charge in [-0.2, -0.15) is 13.2 Å². The van der Waals surface area contributed by atoms with Crippen LogP contribution in [0, 0.1) is 19.7 Å². The zero-order valence-corrected chi connectivity index (χ0v) is 26.6. The van der Waals surface area contributed by atoms with Crippen molar-refractivity contribution in [3.05, 3.63) is 104 Å². The summed E-state index contributed by atoms with van der Waals surface area (Å²) in [6, 6.07) is 7.96. The number of pyridine rings is 1. The van der Waals surface area contributed by atoms with Crippen LogP contribution in [0.2, 0.25) is 0 Å². The number of nitrogens with zero attached hydrogens (tertiary/aromatic N) is 2. The lowest BCUT2D eigenvalue weighted by atomic mass is 9.99. The van der Waals surface area contributed by atoms with E-state index in [9.17, 15) is 37.1 Å². The Balaban J connectivity index is 1.55. The molecule has 48 heavy (non-hydrogen) atoms. The molecule has 0 saturated carbocycles. The first-order chi connectivity index (χ1) is 22.7. The van der Waals surface area contributed by atoms with Crippen LogP contribution in [-0.4, -0.2) is 52.3 Å². The van der Waals surface area contributed by atoms with Gasteiger partial charge >= 0.3 is 12.1 Å². The molecule has 2 aliphatic rings. The Morgan fingerprint density at radius 1 is 1.08 bits per heavy atom. The lowest BCUT2D eigenvalue weighted by molar-refractivity contribution is -0.139. The molecule has 2 aromatic carbocycles. The maximum atomic E-state index is 15.8. The van der Waals surface area contributed by atoms with Crippen molar-refractivity contribution < 1.29 is 41.4 Å². The number of thiophene rings is 1. The average Bonchev–Trinajstić information content (AvgIpc) is 3.36. The minimum absolute atomic E-state index is 0.0511. The predicted molar refractivity (Wildman–Crippen MR) is 168 cm³/mol. The quantitative estimate of drug-likeness (QED) is 0.223. The first kappa shape index (κ1) is 33.3. The van der Waals surface area contributed by atoms with Crippen molar-refractivity contribution in [2.24, 2.45) is 0 Å². The summed E-state index contributed by atoms with van der Waals surface area (Å²) < 4.78 is 78.5. The maximum absolute atomic E-state index is 15.8. The summed E-state index contributed by atoms with van der Waals surface area (Å²) in [5, 5.41) is 12.5. The van der Waals surface area contributed by atoms with E-state index in [0.29, 0.717) is 27.8 Å². The van der Waals surface area contributed by atoms with Gasteiger partial charge in [-0.15, -0.1) is 11.3 Å². The molecule has 0 aliphatic carbocycles. The third kappa shape index (κ3) is 6.59. The zero-order chi connectivity index (χ0) is 34.5. The Labute approximate surface area is 275 Å². The predicted octanol–water partition coefficient (Wildman–Crippen LogP) is 6.58. The summed E-state index contributed by atoms with van der Waals surface area (Å²) in [5.41, 5.74) is -1.20. The summed E-state index contributed by atoms with van der Waals surface area (Å²) in [6.07, 6.45) is -5.94. The number of amides is 1. The number of halogens is 5. The lowest BCUT2D eigenvalue weighted by Crippen LogP contribution is -2.49. The lowest BCUT2D eigenvalue weighted by Gasteiger charge is -2.34. The molecule has 252 valence electrons. The third-order valence-corrected chi connectivity index (χ3v) is 9.69. The molecule has 2 atom stereocenters. The highest BCUT2D eigenvalue weighted by Gasteiger charge is 2.37. The topological polar surface area (TPSA) is 101 Å². The first-order valence-electron chi connectivity index (χ1n) is 15.1. The molecule has 1 amide bonds. The van der Waals surface area contributed by atoms with Crippen LogP contribution in [0.15, 0.2) is 59.5 Å². The monoisotopic (exact) mass is 687 g/mol. The first-order valence-corrected chi connectivity index (χ1v) is 15.9. The SMILES string of the molecule is Cc1cccc2c1-c1cc(c(C)s1)C(CC(=O)O)NC(=O)C(n1cc(CCN3CC(F)C3)c(C(F)(F)F)cc1=O)c1cc(ccc1F)O2. The van der Waals surface area contributed by atoms with Gasteiger partial charge in [-0.3, -0.25) is 23.9 Å².